The second-order valence-corrected chi connectivity index (χ2v) is 4.52. The monoisotopic (exact) mass is 275 g/mol. The molecule has 7 nitrogen and oxygen atoms in total. The van der Waals surface area contributed by atoms with Gasteiger partial charge in [0, 0.05) is 31.0 Å². The average molecular weight is 275 g/mol. The molecule has 0 saturated heterocycles. The van der Waals surface area contributed by atoms with E-state index in [1.54, 1.807) is 6.20 Å². The highest BCUT2D eigenvalue weighted by Crippen LogP contribution is 2.20. The van der Waals surface area contributed by atoms with Crippen molar-refractivity contribution < 1.29 is 0 Å². The van der Waals surface area contributed by atoms with E-state index in [1.807, 2.05) is 12.5 Å². The minimum Gasteiger partial charge on any atom is -0.370 e. The van der Waals surface area contributed by atoms with Gasteiger partial charge in [-0.25, -0.2) is 20.8 Å². The summed E-state index contributed by atoms with van der Waals surface area (Å²) in [4.78, 5) is 12.5. The molecular formula is C13H21N7. The van der Waals surface area contributed by atoms with Crippen molar-refractivity contribution in [2.24, 2.45) is 5.84 Å². The highest BCUT2D eigenvalue weighted by atomic mass is 15.3. The molecular weight excluding hydrogens is 254 g/mol. The summed E-state index contributed by atoms with van der Waals surface area (Å²) in [6.07, 6.45) is 10.0. The molecule has 0 spiro atoms. The van der Waals surface area contributed by atoms with Gasteiger partial charge < -0.3 is 15.3 Å². The third-order valence-electron chi connectivity index (χ3n) is 3.03. The van der Waals surface area contributed by atoms with Crippen LogP contribution in [0.5, 0.6) is 0 Å². The number of imidazole rings is 1. The van der Waals surface area contributed by atoms with Crippen LogP contribution in [0.15, 0.2) is 25.0 Å². The van der Waals surface area contributed by atoms with Gasteiger partial charge in [-0.15, -0.1) is 0 Å². The van der Waals surface area contributed by atoms with E-state index in [9.17, 15) is 0 Å². The van der Waals surface area contributed by atoms with Crippen molar-refractivity contribution >= 4 is 11.6 Å². The van der Waals surface area contributed by atoms with Gasteiger partial charge in [0.2, 0.25) is 0 Å². The van der Waals surface area contributed by atoms with E-state index >= 15 is 0 Å². The number of nitrogens with one attached hydrogen (secondary N) is 2. The van der Waals surface area contributed by atoms with Crippen LogP contribution < -0.4 is 16.6 Å². The molecule has 0 aliphatic carbocycles. The fourth-order valence-corrected chi connectivity index (χ4v) is 2.06. The molecule has 0 fully saturated rings. The summed E-state index contributed by atoms with van der Waals surface area (Å²) in [7, 11) is 0. The third-order valence-corrected chi connectivity index (χ3v) is 3.03. The van der Waals surface area contributed by atoms with Crippen LogP contribution in [0.2, 0.25) is 0 Å². The summed E-state index contributed by atoms with van der Waals surface area (Å²) in [5, 5.41) is 3.35. The molecule has 2 rings (SSSR count). The normalized spacial score (nSPS) is 10.5. The number of hydrogen-bond donors (Lipinski definition) is 3. The molecule has 0 unspecified atom stereocenters. The maximum absolute atomic E-state index is 5.49. The summed E-state index contributed by atoms with van der Waals surface area (Å²) in [5.41, 5.74) is 3.67. The molecule has 108 valence electrons. The lowest BCUT2D eigenvalue weighted by molar-refractivity contribution is 0.659. The molecule has 0 amide bonds. The van der Waals surface area contributed by atoms with E-state index in [0.717, 1.165) is 43.7 Å². The summed E-state index contributed by atoms with van der Waals surface area (Å²) in [5.74, 6) is 7.05. The van der Waals surface area contributed by atoms with Crippen LogP contribution in [0, 0.1) is 0 Å². The maximum Gasteiger partial charge on any atom is 0.148 e. The van der Waals surface area contributed by atoms with E-state index in [2.05, 4.69) is 37.2 Å². The van der Waals surface area contributed by atoms with Crippen LogP contribution in [0.1, 0.15) is 25.3 Å². The molecule has 4 N–H and O–H groups in total. The van der Waals surface area contributed by atoms with Gasteiger partial charge in [-0.1, -0.05) is 13.3 Å². The predicted octanol–water partition coefficient (Wildman–Crippen LogP) is 1.41. The number of aryl methyl sites for hydroxylation is 1. The van der Waals surface area contributed by atoms with Gasteiger partial charge in [0.05, 0.1) is 6.33 Å². The Morgan fingerprint density at radius 3 is 2.85 bits per heavy atom. The van der Waals surface area contributed by atoms with Gasteiger partial charge in [-0.2, -0.15) is 0 Å². The van der Waals surface area contributed by atoms with Crippen molar-refractivity contribution in [3.05, 3.63) is 30.6 Å². The van der Waals surface area contributed by atoms with Crippen molar-refractivity contribution in [2.45, 2.75) is 32.7 Å². The smallest absolute Gasteiger partial charge is 0.148 e. The Bertz CT molecular complexity index is 509. The van der Waals surface area contributed by atoms with E-state index in [0.29, 0.717) is 5.82 Å². The van der Waals surface area contributed by atoms with Crippen LogP contribution in [-0.2, 0) is 13.0 Å². The Kier molecular flexibility index (Phi) is 5.31. The highest BCUT2D eigenvalue weighted by molar-refractivity contribution is 5.56. The summed E-state index contributed by atoms with van der Waals surface area (Å²) < 4.78 is 2.06. The zero-order valence-electron chi connectivity index (χ0n) is 11.7. The molecule has 2 heterocycles. The topological polar surface area (TPSA) is 93.7 Å². The predicted molar refractivity (Wildman–Crippen MR) is 79.2 cm³/mol. The van der Waals surface area contributed by atoms with Crippen molar-refractivity contribution in [3.8, 4) is 0 Å². The van der Waals surface area contributed by atoms with Crippen LogP contribution in [-0.4, -0.2) is 26.1 Å². The van der Waals surface area contributed by atoms with E-state index in [4.69, 9.17) is 5.84 Å². The molecule has 2 aromatic rings. The number of nitrogens with two attached hydrogens (primary N) is 1. The molecule has 0 aliphatic heterocycles. The minimum absolute atomic E-state index is 0.693. The first-order chi connectivity index (χ1) is 9.85. The molecule has 0 radical (unpaired) electrons. The number of nitrogen functional groups attached to an aromatic ring is 1. The number of hydrazine groups is 1. The first-order valence-corrected chi connectivity index (χ1v) is 6.85. The molecule has 0 aromatic carbocycles. The zero-order valence-corrected chi connectivity index (χ0v) is 11.7. The summed E-state index contributed by atoms with van der Waals surface area (Å²) >= 11 is 0. The molecule has 0 bridgehead atoms. The maximum atomic E-state index is 5.49. The fourth-order valence-electron chi connectivity index (χ4n) is 2.06. The average Bonchev–Trinajstić information content (AvgIpc) is 2.98. The molecule has 20 heavy (non-hydrogen) atoms. The van der Waals surface area contributed by atoms with E-state index in [-0.39, 0.29) is 0 Å². The number of hydrogen-bond acceptors (Lipinski definition) is 6. The van der Waals surface area contributed by atoms with E-state index < -0.39 is 0 Å². The highest BCUT2D eigenvalue weighted by Gasteiger charge is 2.09. The van der Waals surface area contributed by atoms with Crippen molar-refractivity contribution in [2.75, 3.05) is 17.3 Å². The lowest BCUT2D eigenvalue weighted by Gasteiger charge is -2.13. The number of rotatable bonds is 8. The SMILES string of the molecule is CCCc1c(NN)ncnc1NCCCn1ccnc1. The Balaban J connectivity index is 1.91. The second kappa shape index (κ2) is 7.44. The van der Waals surface area contributed by atoms with Gasteiger partial charge in [-0.05, 0) is 12.8 Å². The van der Waals surface area contributed by atoms with Crippen LogP contribution >= 0.6 is 0 Å². The summed E-state index contributed by atoms with van der Waals surface area (Å²) in [6.45, 7) is 3.90. The number of aromatic nitrogens is 4. The lowest BCUT2D eigenvalue weighted by Crippen LogP contribution is -2.15. The standard InChI is InChI=1S/C13H21N7/c1-2-4-11-12(17-9-18-13(11)19-14)16-5-3-7-20-8-6-15-10-20/h6,8-10H,2-5,7,14H2,1H3,(H2,16,17,18,19). The van der Waals surface area contributed by atoms with Crippen molar-refractivity contribution in [3.63, 3.8) is 0 Å². The lowest BCUT2D eigenvalue weighted by atomic mass is 10.1. The molecule has 2 aromatic heterocycles. The quantitative estimate of drug-likeness (QED) is 0.383. The van der Waals surface area contributed by atoms with Crippen molar-refractivity contribution in [1.82, 2.24) is 19.5 Å². The fraction of sp³-hybridized carbons (Fsp3) is 0.462. The van der Waals surface area contributed by atoms with Gasteiger partial charge in [0.15, 0.2) is 0 Å². The molecule has 7 heteroatoms. The first kappa shape index (κ1) is 14.3. The molecule has 0 aliphatic rings. The molecule has 0 atom stereocenters. The first-order valence-electron chi connectivity index (χ1n) is 6.85. The zero-order chi connectivity index (χ0) is 14.2. The van der Waals surface area contributed by atoms with Gasteiger partial charge in [-0.3, -0.25) is 0 Å². The Labute approximate surface area is 118 Å². The third kappa shape index (κ3) is 3.67. The van der Waals surface area contributed by atoms with Crippen molar-refractivity contribution in [1.29, 1.82) is 0 Å². The Hall–Kier alpha value is -2.15. The summed E-state index contributed by atoms with van der Waals surface area (Å²) in [6, 6.07) is 0. The second-order valence-electron chi connectivity index (χ2n) is 4.52. The van der Waals surface area contributed by atoms with Crippen LogP contribution in [0.25, 0.3) is 0 Å². The Morgan fingerprint density at radius 1 is 1.30 bits per heavy atom. The number of anilines is 2. The van der Waals surface area contributed by atoms with Crippen LogP contribution in [0.4, 0.5) is 11.6 Å². The van der Waals surface area contributed by atoms with Crippen LogP contribution in [0.3, 0.4) is 0 Å². The van der Waals surface area contributed by atoms with Gasteiger partial charge >= 0.3 is 0 Å². The number of nitrogens with zero attached hydrogens (tertiary/aromatic N) is 4. The van der Waals surface area contributed by atoms with E-state index in [1.165, 1.54) is 6.33 Å². The Morgan fingerprint density at radius 2 is 2.15 bits per heavy atom. The van der Waals surface area contributed by atoms with Gasteiger partial charge in [0.1, 0.15) is 18.0 Å². The largest absolute Gasteiger partial charge is 0.370 e. The minimum atomic E-state index is 0.693. The van der Waals surface area contributed by atoms with Gasteiger partial charge in [0.25, 0.3) is 0 Å². The molecule has 0 saturated carbocycles.